The van der Waals surface area contributed by atoms with Crippen molar-refractivity contribution in [2.75, 3.05) is 13.2 Å². The van der Waals surface area contributed by atoms with Crippen LogP contribution < -0.4 is 8.92 Å². The van der Waals surface area contributed by atoms with Crippen molar-refractivity contribution in [1.29, 1.82) is 0 Å². The van der Waals surface area contributed by atoms with Crippen LogP contribution in [0.25, 0.3) is 16.8 Å². The number of rotatable bonds is 8. The number of carbonyl (C=O) groups is 2. The van der Waals surface area contributed by atoms with E-state index in [9.17, 15) is 18.0 Å². The number of hydrogen-bond acceptors (Lipinski definition) is 7. The summed E-state index contributed by atoms with van der Waals surface area (Å²) in [7, 11) is -4.02. The number of ether oxygens (including phenoxy) is 1. The average molecular weight is 625 g/mol. The van der Waals surface area contributed by atoms with E-state index < -0.39 is 16.0 Å². The fourth-order valence-corrected chi connectivity index (χ4v) is 6.36. The molecule has 7 nitrogen and oxygen atoms in total. The average Bonchev–Trinajstić information content (AvgIpc) is 3.18. The van der Waals surface area contributed by atoms with E-state index in [1.165, 1.54) is 18.2 Å². The van der Waals surface area contributed by atoms with Gasteiger partial charge >= 0.3 is 10.1 Å². The summed E-state index contributed by atoms with van der Waals surface area (Å²) < 4.78 is 36.8. The molecule has 0 aromatic heterocycles. The maximum atomic E-state index is 12.9. The fourth-order valence-electron chi connectivity index (χ4n) is 3.96. The van der Waals surface area contributed by atoms with E-state index in [0.29, 0.717) is 15.8 Å². The van der Waals surface area contributed by atoms with Gasteiger partial charge in [0.15, 0.2) is 5.75 Å². The molecule has 10 heteroatoms. The van der Waals surface area contributed by atoms with Crippen molar-refractivity contribution in [3.63, 3.8) is 0 Å². The first-order valence-corrected chi connectivity index (χ1v) is 14.9. The first-order valence-electron chi connectivity index (χ1n) is 11.9. The van der Waals surface area contributed by atoms with E-state index in [-0.39, 0.29) is 33.9 Å². The maximum Gasteiger partial charge on any atom is 0.339 e. The Morgan fingerprint density at radius 1 is 0.923 bits per heavy atom. The van der Waals surface area contributed by atoms with Crippen molar-refractivity contribution in [2.45, 2.75) is 11.8 Å². The van der Waals surface area contributed by atoms with Crippen molar-refractivity contribution in [1.82, 2.24) is 4.90 Å². The number of halogens is 1. The smallest absolute Gasteiger partial charge is 0.339 e. The summed E-state index contributed by atoms with van der Waals surface area (Å²) in [6.45, 7) is 2.13. The zero-order chi connectivity index (χ0) is 27.6. The Labute approximate surface area is 238 Å². The molecule has 1 heterocycles. The molecule has 0 saturated carbocycles. The molecule has 0 aliphatic carbocycles. The van der Waals surface area contributed by atoms with Gasteiger partial charge < -0.3 is 8.92 Å². The van der Waals surface area contributed by atoms with E-state index in [0.717, 1.165) is 33.0 Å². The van der Waals surface area contributed by atoms with Crippen LogP contribution in [0, 0.1) is 6.92 Å². The monoisotopic (exact) mass is 623 g/mol. The van der Waals surface area contributed by atoms with Gasteiger partial charge in [0, 0.05) is 5.39 Å². The highest BCUT2D eigenvalue weighted by molar-refractivity contribution is 9.10. The van der Waals surface area contributed by atoms with Crippen LogP contribution in [0.5, 0.6) is 11.5 Å². The number of benzene rings is 4. The number of hydrogen-bond donors (Lipinski definition) is 0. The van der Waals surface area contributed by atoms with E-state index in [1.807, 2.05) is 49.4 Å². The van der Waals surface area contributed by atoms with Crippen molar-refractivity contribution in [3.05, 3.63) is 105 Å². The molecule has 1 aliphatic rings. The van der Waals surface area contributed by atoms with Crippen molar-refractivity contribution < 1.29 is 26.9 Å². The summed E-state index contributed by atoms with van der Waals surface area (Å²) in [4.78, 5) is 27.0. The Kier molecular flexibility index (Phi) is 7.79. The van der Waals surface area contributed by atoms with E-state index in [2.05, 4.69) is 15.9 Å². The Morgan fingerprint density at radius 3 is 2.44 bits per heavy atom. The number of imide groups is 1. The molecule has 5 rings (SSSR count). The van der Waals surface area contributed by atoms with E-state index in [1.54, 1.807) is 30.3 Å². The Bertz CT molecular complexity index is 1710. The zero-order valence-corrected chi connectivity index (χ0v) is 23.9. The first kappa shape index (κ1) is 27.0. The number of aryl methyl sites for hydroxylation is 1. The minimum Gasteiger partial charge on any atom is -0.491 e. The van der Waals surface area contributed by atoms with Crippen molar-refractivity contribution in [3.8, 4) is 11.5 Å². The highest BCUT2D eigenvalue weighted by Crippen LogP contribution is 2.35. The minimum absolute atomic E-state index is 0.0437. The van der Waals surface area contributed by atoms with Gasteiger partial charge in [-0.05, 0) is 82.0 Å². The fraction of sp³-hybridized carbons (Fsp3) is 0.103. The second-order valence-corrected chi connectivity index (χ2v) is 12.1. The third-order valence-electron chi connectivity index (χ3n) is 5.96. The lowest BCUT2D eigenvalue weighted by molar-refractivity contribution is -0.123. The number of carbonyl (C=O) groups excluding carboxylic acids is 2. The van der Waals surface area contributed by atoms with Crippen LogP contribution in [-0.4, -0.2) is 37.6 Å². The van der Waals surface area contributed by atoms with Crippen molar-refractivity contribution in [2.24, 2.45) is 0 Å². The third kappa shape index (κ3) is 6.03. The summed E-state index contributed by atoms with van der Waals surface area (Å²) in [5.74, 6) is 0.378. The molecule has 4 aromatic rings. The number of thioether (sulfide) groups is 1. The van der Waals surface area contributed by atoms with Gasteiger partial charge in [-0.25, -0.2) is 0 Å². The van der Waals surface area contributed by atoms with Gasteiger partial charge in [0.1, 0.15) is 17.3 Å². The normalized spacial score (nSPS) is 14.8. The molecule has 1 fully saturated rings. The predicted octanol–water partition coefficient (Wildman–Crippen LogP) is 6.79. The molecule has 198 valence electrons. The van der Waals surface area contributed by atoms with Gasteiger partial charge in [0.25, 0.3) is 11.1 Å². The summed E-state index contributed by atoms with van der Waals surface area (Å²) in [5.41, 5.74) is 1.53. The van der Waals surface area contributed by atoms with Crippen LogP contribution in [0.3, 0.4) is 0 Å². The standard InChI is InChI=1S/C29H22BrNO6S2/c1-19-9-12-22(13-10-19)39(34,35)37-26-14-11-20(17-24(26)30)18-27-28(32)31(29(33)38-27)15-16-36-25-8-4-6-21-5-2-3-7-23(21)25/h2-14,17-18H,15-16H2,1H3/b27-18-. The van der Waals surface area contributed by atoms with Crippen LogP contribution in [0.15, 0.2) is 99.2 Å². The lowest BCUT2D eigenvalue weighted by Crippen LogP contribution is -2.32. The van der Waals surface area contributed by atoms with Crippen LogP contribution in [0.1, 0.15) is 11.1 Å². The molecule has 0 atom stereocenters. The molecule has 0 bridgehead atoms. The molecule has 4 aromatic carbocycles. The Morgan fingerprint density at radius 2 is 1.67 bits per heavy atom. The number of fused-ring (bicyclic) bond motifs is 1. The molecule has 0 unspecified atom stereocenters. The maximum absolute atomic E-state index is 12.9. The van der Waals surface area contributed by atoms with Gasteiger partial charge in [-0.15, -0.1) is 0 Å². The quantitative estimate of drug-likeness (QED) is 0.158. The molecule has 0 spiro atoms. The predicted molar refractivity (Wildman–Crippen MR) is 155 cm³/mol. The lowest BCUT2D eigenvalue weighted by Gasteiger charge is -2.14. The number of amides is 2. The molecule has 1 aliphatic heterocycles. The molecule has 1 saturated heterocycles. The largest absolute Gasteiger partial charge is 0.491 e. The zero-order valence-electron chi connectivity index (χ0n) is 20.7. The lowest BCUT2D eigenvalue weighted by atomic mass is 10.1. The molecule has 39 heavy (non-hydrogen) atoms. The van der Waals surface area contributed by atoms with E-state index in [4.69, 9.17) is 8.92 Å². The highest BCUT2D eigenvalue weighted by Gasteiger charge is 2.35. The van der Waals surface area contributed by atoms with Crippen LogP contribution in [0.4, 0.5) is 4.79 Å². The summed E-state index contributed by atoms with van der Waals surface area (Å²) in [6, 6.07) is 24.6. The Balaban J connectivity index is 1.25. The van der Waals surface area contributed by atoms with E-state index >= 15 is 0 Å². The van der Waals surface area contributed by atoms with Gasteiger partial charge in [-0.2, -0.15) is 8.42 Å². The molecular formula is C29H22BrNO6S2. The molecule has 0 radical (unpaired) electrons. The molecule has 2 amide bonds. The first-order chi connectivity index (χ1) is 18.7. The van der Waals surface area contributed by atoms with Crippen LogP contribution >= 0.6 is 27.7 Å². The summed E-state index contributed by atoms with van der Waals surface area (Å²) >= 11 is 4.19. The second-order valence-electron chi connectivity index (χ2n) is 8.70. The molecule has 0 N–H and O–H groups in total. The Hall–Kier alpha value is -3.60. The van der Waals surface area contributed by atoms with Crippen molar-refractivity contribution >= 4 is 65.8 Å². The van der Waals surface area contributed by atoms with Crippen LogP contribution in [0.2, 0.25) is 0 Å². The topological polar surface area (TPSA) is 90.0 Å². The molecular weight excluding hydrogens is 602 g/mol. The second kappa shape index (κ2) is 11.3. The van der Waals surface area contributed by atoms with Gasteiger partial charge in [-0.1, -0.05) is 60.2 Å². The van der Waals surface area contributed by atoms with Gasteiger partial charge in [0.05, 0.1) is 15.9 Å². The highest BCUT2D eigenvalue weighted by atomic mass is 79.9. The van der Waals surface area contributed by atoms with Crippen LogP contribution in [-0.2, 0) is 14.9 Å². The summed E-state index contributed by atoms with van der Waals surface area (Å²) in [5, 5.41) is 1.62. The van der Waals surface area contributed by atoms with Gasteiger partial charge in [0.2, 0.25) is 0 Å². The third-order valence-corrected chi connectivity index (χ3v) is 8.73. The SMILES string of the molecule is Cc1ccc(S(=O)(=O)Oc2ccc(/C=C3\SC(=O)N(CCOc4cccc5ccccc45)C3=O)cc2Br)cc1. The summed E-state index contributed by atoms with van der Waals surface area (Å²) in [6.07, 6.45) is 1.58. The van der Waals surface area contributed by atoms with Gasteiger partial charge in [-0.3, -0.25) is 14.5 Å². The minimum atomic E-state index is -4.02. The number of nitrogens with zero attached hydrogens (tertiary/aromatic N) is 1.